The predicted octanol–water partition coefficient (Wildman–Crippen LogP) is 5.95. The Morgan fingerprint density at radius 1 is 0.974 bits per heavy atom. The highest BCUT2D eigenvalue weighted by Crippen LogP contribution is 2.44. The molecule has 3 aromatic carbocycles. The van der Waals surface area contributed by atoms with E-state index >= 15 is 0 Å². The number of fused-ring (bicyclic) bond motifs is 2. The van der Waals surface area contributed by atoms with E-state index in [4.69, 9.17) is 0 Å². The van der Waals surface area contributed by atoms with Gasteiger partial charge in [0.15, 0.2) is 0 Å². The predicted molar refractivity (Wildman–Crippen MR) is 143 cm³/mol. The number of carbonyl (C=O) groups excluding carboxylic acids is 1. The second kappa shape index (κ2) is 8.99. The minimum atomic E-state index is -0.336. The van der Waals surface area contributed by atoms with Crippen molar-refractivity contribution in [2.24, 2.45) is 7.05 Å². The maximum atomic E-state index is 13.7. The summed E-state index contributed by atoms with van der Waals surface area (Å²) in [5.41, 5.74) is 5.72. The van der Waals surface area contributed by atoms with Crippen LogP contribution in [0.4, 0.5) is 20.2 Å². The molecule has 2 aromatic heterocycles. The van der Waals surface area contributed by atoms with Crippen molar-refractivity contribution in [3.8, 4) is 11.1 Å². The maximum Gasteiger partial charge on any atom is 0.272 e. The summed E-state index contributed by atoms with van der Waals surface area (Å²) in [6.45, 7) is 2.28. The molecule has 1 unspecified atom stereocenters. The quantitative estimate of drug-likeness (QED) is 0.314. The van der Waals surface area contributed by atoms with Crippen LogP contribution in [0.1, 0.15) is 34.5 Å². The van der Waals surface area contributed by atoms with E-state index in [0.29, 0.717) is 17.6 Å². The Morgan fingerprint density at radius 3 is 2.37 bits per heavy atom. The summed E-state index contributed by atoms with van der Waals surface area (Å²) in [6, 6.07) is 17.4. The van der Waals surface area contributed by atoms with Crippen LogP contribution in [-0.2, 0) is 13.6 Å². The molecule has 0 spiro atoms. The van der Waals surface area contributed by atoms with Crippen LogP contribution in [0.25, 0.3) is 22.0 Å². The molecule has 1 amide bonds. The van der Waals surface area contributed by atoms with Gasteiger partial charge in [0, 0.05) is 52.9 Å². The number of aryl methyl sites for hydroxylation is 1. The minimum absolute atomic E-state index is 0.198. The third-order valence-corrected chi connectivity index (χ3v) is 7.12. The number of rotatable bonds is 4. The first-order valence-electron chi connectivity index (χ1n) is 12.2. The van der Waals surface area contributed by atoms with Crippen LogP contribution in [0, 0.1) is 11.6 Å². The van der Waals surface area contributed by atoms with Crippen LogP contribution in [0.2, 0.25) is 0 Å². The Bertz CT molecular complexity index is 1750. The van der Waals surface area contributed by atoms with Gasteiger partial charge in [0.2, 0.25) is 0 Å². The highest BCUT2D eigenvalue weighted by molar-refractivity contribution is 6.05. The smallest absolute Gasteiger partial charge is 0.272 e. The Morgan fingerprint density at radius 2 is 1.66 bits per heavy atom. The van der Waals surface area contributed by atoms with Gasteiger partial charge in [0.05, 0.1) is 12.6 Å². The van der Waals surface area contributed by atoms with Crippen LogP contribution in [0.5, 0.6) is 0 Å². The van der Waals surface area contributed by atoms with Crippen molar-refractivity contribution in [2.45, 2.75) is 19.5 Å². The topological polar surface area (TPSA) is 70.1 Å². The second-order valence-electron chi connectivity index (χ2n) is 9.56. The summed E-state index contributed by atoms with van der Waals surface area (Å²) in [5.74, 6) is -0.945. The number of halogens is 2. The highest BCUT2D eigenvalue weighted by Gasteiger charge is 2.27. The second-order valence-corrected chi connectivity index (χ2v) is 9.56. The average molecular weight is 511 g/mol. The summed E-state index contributed by atoms with van der Waals surface area (Å²) >= 11 is 0. The van der Waals surface area contributed by atoms with Gasteiger partial charge in [-0.15, -0.1) is 0 Å². The van der Waals surface area contributed by atoms with Crippen molar-refractivity contribution in [1.82, 2.24) is 14.9 Å². The lowest BCUT2D eigenvalue weighted by Gasteiger charge is -2.26. The molecule has 1 atom stereocenters. The number of aromatic amines is 1. The molecule has 38 heavy (non-hydrogen) atoms. The standard InChI is InChI=1S/C30H24F2N4O2/c1-17(18-3-6-21(31)7-4-18)34-29(37)19-5-12-26-24(13-19)25-16-35(2)28-27(25)20(14-33-30(28)38)15-36(26)23-10-8-22(32)9-11-23/h3-14,16-17H,15H2,1-2H3,(H,33,38)(H,34,37). The van der Waals surface area contributed by atoms with Crippen molar-refractivity contribution in [1.29, 1.82) is 0 Å². The Kier molecular flexibility index (Phi) is 5.60. The largest absolute Gasteiger partial charge is 0.346 e. The van der Waals surface area contributed by atoms with Crippen molar-refractivity contribution in [2.75, 3.05) is 4.90 Å². The molecule has 6 nitrogen and oxygen atoms in total. The molecule has 0 saturated heterocycles. The van der Waals surface area contributed by atoms with E-state index in [9.17, 15) is 18.4 Å². The van der Waals surface area contributed by atoms with Crippen LogP contribution < -0.4 is 15.8 Å². The minimum Gasteiger partial charge on any atom is -0.346 e. The number of aromatic nitrogens is 2. The number of carbonyl (C=O) groups is 1. The molecule has 5 aromatic rings. The molecule has 3 heterocycles. The van der Waals surface area contributed by atoms with Gasteiger partial charge in [-0.2, -0.15) is 0 Å². The zero-order valence-electron chi connectivity index (χ0n) is 20.8. The lowest BCUT2D eigenvalue weighted by molar-refractivity contribution is 0.0940. The molecule has 0 bridgehead atoms. The summed E-state index contributed by atoms with van der Waals surface area (Å²) in [6.07, 6.45) is 3.62. The Balaban J connectivity index is 1.48. The molecule has 0 aliphatic carbocycles. The van der Waals surface area contributed by atoms with E-state index < -0.39 is 0 Å². The highest BCUT2D eigenvalue weighted by atomic mass is 19.1. The maximum absolute atomic E-state index is 13.7. The average Bonchev–Trinajstić information content (AvgIpc) is 3.20. The lowest BCUT2D eigenvalue weighted by atomic mass is 9.99. The van der Waals surface area contributed by atoms with Gasteiger partial charge in [-0.25, -0.2) is 8.78 Å². The van der Waals surface area contributed by atoms with Gasteiger partial charge in [0.1, 0.15) is 17.2 Å². The molecule has 1 aliphatic heterocycles. The van der Waals surface area contributed by atoms with Crippen molar-refractivity contribution < 1.29 is 13.6 Å². The van der Waals surface area contributed by atoms with Gasteiger partial charge in [-0.05, 0) is 72.6 Å². The monoisotopic (exact) mass is 510 g/mol. The molecule has 6 rings (SSSR count). The molecule has 8 heteroatoms. The number of pyridine rings is 1. The molecule has 0 fully saturated rings. The summed E-state index contributed by atoms with van der Waals surface area (Å²) in [7, 11) is 1.82. The fourth-order valence-corrected chi connectivity index (χ4v) is 5.20. The molecule has 190 valence electrons. The number of nitrogens with zero attached hydrogens (tertiary/aromatic N) is 2. The molecule has 0 radical (unpaired) electrons. The number of hydrogen-bond acceptors (Lipinski definition) is 3. The van der Waals surface area contributed by atoms with E-state index in [0.717, 1.165) is 39.0 Å². The molecule has 1 aliphatic rings. The first-order valence-corrected chi connectivity index (χ1v) is 12.2. The number of nitrogens with one attached hydrogen (secondary N) is 2. The molecule has 0 saturated carbocycles. The first-order chi connectivity index (χ1) is 18.3. The van der Waals surface area contributed by atoms with E-state index in [1.165, 1.54) is 24.3 Å². The Hall–Kier alpha value is -4.72. The van der Waals surface area contributed by atoms with E-state index in [1.54, 1.807) is 41.1 Å². The summed E-state index contributed by atoms with van der Waals surface area (Å²) in [5, 5.41) is 3.80. The Labute approximate surface area is 217 Å². The van der Waals surface area contributed by atoms with Gasteiger partial charge < -0.3 is 19.8 Å². The molecule has 2 N–H and O–H groups in total. The van der Waals surface area contributed by atoms with Crippen LogP contribution in [0.3, 0.4) is 0 Å². The molecular formula is C30H24F2N4O2. The molecular weight excluding hydrogens is 486 g/mol. The normalized spacial score (nSPS) is 13.2. The lowest BCUT2D eigenvalue weighted by Crippen LogP contribution is -2.26. The number of amides is 1. The fourth-order valence-electron chi connectivity index (χ4n) is 5.20. The SMILES string of the molecule is CC(NC(=O)c1ccc2c(c1)-c1cn(C)c3c(=O)[nH]cc(c13)CN2c1ccc(F)cc1)c1ccc(F)cc1. The van der Waals surface area contributed by atoms with Crippen molar-refractivity contribution in [3.63, 3.8) is 0 Å². The van der Waals surface area contributed by atoms with Crippen LogP contribution >= 0.6 is 0 Å². The van der Waals surface area contributed by atoms with Gasteiger partial charge in [0.25, 0.3) is 11.5 Å². The number of H-pyrrole nitrogens is 1. The van der Waals surface area contributed by atoms with Crippen LogP contribution in [0.15, 0.2) is 83.9 Å². The van der Waals surface area contributed by atoms with Gasteiger partial charge in [-0.3, -0.25) is 9.59 Å². The fraction of sp³-hybridized carbons (Fsp3) is 0.133. The number of hydrogen-bond donors (Lipinski definition) is 2. The van der Waals surface area contributed by atoms with Crippen molar-refractivity contribution >= 4 is 28.2 Å². The number of anilines is 2. The van der Waals surface area contributed by atoms with Crippen LogP contribution in [-0.4, -0.2) is 15.5 Å². The number of benzene rings is 3. The van der Waals surface area contributed by atoms with Crippen molar-refractivity contribution in [3.05, 3.63) is 118 Å². The zero-order chi connectivity index (χ0) is 26.6. The van der Waals surface area contributed by atoms with E-state index in [1.807, 2.05) is 37.2 Å². The summed E-state index contributed by atoms with van der Waals surface area (Å²) < 4.78 is 28.9. The van der Waals surface area contributed by atoms with E-state index in [-0.39, 0.29) is 29.1 Å². The third kappa shape index (κ3) is 3.94. The zero-order valence-corrected chi connectivity index (χ0v) is 20.8. The van der Waals surface area contributed by atoms with E-state index in [2.05, 4.69) is 10.3 Å². The third-order valence-electron chi connectivity index (χ3n) is 7.12. The van der Waals surface area contributed by atoms with Gasteiger partial charge >= 0.3 is 0 Å². The first kappa shape index (κ1) is 23.7. The summed E-state index contributed by atoms with van der Waals surface area (Å²) in [4.78, 5) is 30.9. The van der Waals surface area contributed by atoms with Gasteiger partial charge in [-0.1, -0.05) is 12.1 Å².